The van der Waals surface area contributed by atoms with Gasteiger partial charge in [0.25, 0.3) is 5.91 Å². The van der Waals surface area contributed by atoms with Gasteiger partial charge in [0.05, 0.1) is 37.6 Å². The minimum atomic E-state index is -0.353. The van der Waals surface area contributed by atoms with Crippen LogP contribution in [0.3, 0.4) is 0 Å². The van der Waals surface area contributed by atoms with Gasteiger partial charge in [0.15, 0.2) is 21.7 Å². The minimum Gasteiger partial charge on any atom is -0.493 e. The molecule has 31 heavy (non-hydrogen) atoms. The predicted molar refractivity (Wildman–Crippen MR) is 126 cm³/mol. The number of ether oxygens (including phenoxy) is 3. The molecule has 0 bridgehead atoms. The lowest BCUT2D eigenvalue weighted by Gasteiger charge is -2.28. The van der Waals surface area contributed by atoms with Crippen LogP contribution in [0.15, 0.2) is 36.4 Å². The van der Waals surface area contributed by atoms with Crippen molar-refractivity contribution >= 4 is 55.6 Å². The van der Waals surface area contributed by atoms with Gasteiger partial charge in [0.2, 0.25) is 0 Å². The summed E-state index contributed by atoms with van der Waals surface area (Å²) in [5.74, 6) is 0.663. The molecule has 3 aromatic rings. The highest BCUT2D eigenvalue weighted by molar-refractivity contribution is 7.80. The van der Waals surface area contributed by atoms with E-state index >= 15 is 0 Å². The molecule has 1 aromatic heterocycles. The van der Waals surface area contributed by atoms with Crippen molar-refractivity contribution in [3.63, 3.8) is 0 Å². The normalized spacial score (nSPS) is 13.7. The maximum Gasteiger partial charge on any atom is 0.257 e. The molecule has 0 spiro atoms. The summed E-state index contributed by atoms with van der Waals surface area (Å²) in [6.07, 6.45) is 0. The third-order valence-electron chi connectivity index (χ3n) is 4.84. The number of thiocarbonyl (C=S) groups is 1. The summed E-state index contributed by atoms with van der Waals surface area (Å²) in [4.78, 5) is 19.4. The Hall–Kier alpha value is -2.95. The van der Waals surface area contributed by atoms with Gasteiger partial charge < -0.3 is 24.4 Å². The summed E-state index contributed by atoms with van der Waals surface area (Å²) in [6.45, 7) is 3.23. The maximum atomic E-state index is 12.5. The van der Waals surface area contributed by atoms with Crippen molar-refractivity contribution in [2.75, 3.05) is 50.7 Å². The highest BCUT2D eigenvalue weighted by Gasteiger charge is 2.15. The fourth-order valence-corrected chi connectivity index (χ4v) is 4.42. The van der Waals surface area contributed by atoms with Crippen LogP contribution in [0.2, 0.25) is 0 Å². The van der Waals surface area contributed by atoms with Gasteiger partial charge in [-0.25, -0.2) is 4.98 Å². The van der Waals surface area contributed by atoms with Crippen LogP contribution < -0.4 is 25.0 Å². The number of methoxy groups -OCH3 is 2. The monoisotopic (exact) mass is 458 g/mol. The highest BCUT2D eigenvalue weighted by atomic mass is 32.1. The second-order valence-electron chi connectivity index (χ2n) is 6.75. The van der Waals surface area contributed by atoms with Crippen molar-refractivity contribution in [3.05, 3.63) is 42.0 Å². The number of rotatable bonds is 5. The van der Waals surface area contributed by atoms with E-state index in [9.17, 15) is 4.79 Å². The predicted octanol–water partition coefficient (Wildman–Crippen LogP) is 3.28. The topological polar surface area (TPSA) is 85.0 Å². The van der Waals surface area contributed by atoms with Crippen LogP contribution in [-0.4, -0.2) is 56.5 Å². The number of hydrogen-bond acceptors (Lipinski definition) is 8. The molecule has 2 heterocycles. The molecule has 1 saturated heterocycles. The van der Waals surface area contributed by atoms with Gasteiger partial charge in [-0.05, 0) is 48.6 Å². The number of morpholine rings is 1. The van der Waals surface area contributed by atoms with E-state index in [0.717, 1.165) is 42.2 Å². The van der Waals surface area contributed by atoms with Gasteiger partial charge in [0, 0.05) is 24.3 Å². The lowest BCUT2D eigenvalue weighted by molar-refractivity contribution is 0.0977. The third-order valence-corrected chi connectivity index (χ3v) is 5.98. The summed E-state index contributed by atoms with van der Waals surface area (Å²) in [5.41, 5.74) is 2.43. The molecule has 1 amide bonds. The molecule has 1 aliphatic rings. The molecule has 2 N–H and O–H groups in total. The lowest BCUT2D eigenvalue weighted by atomic mass is 10.2. The Morgan fingerprint density at radius 1 is 1.13 bits per heavy atom. The smallest absolute Gasteiger partial charge is 0.257 e. The minimum absolute atomic E-state index is 0.173. The van der Waals surface area contributed by atoms with Crippen LogP contribution in [0, 0.1) is 0 Å². The van der Waals surface area contributed by atoms with E-state index in [0.29, 0.717) is 22.2 Å². The molecule has 0 atom stereocenters. The number of anilines is 2. The molecule has 0 unspecified atom stereocenters. The molecule has 2 aromatic carbocycles. The number of aromatic nitrogens is 1. The van der Waals surface area contributed by atoms with Gasteiger partial charge >= 0.3 is 0 Å². The van der Waals surface area contributed by atoms with Crippen molar-refractivity contribution in [2.45, 2.75) is 0 Å². The van der Waals surface area contributed by atoms with E-state index in [1.807, 2.05) is 6.07 Å². The molecule has 162 valence electrons. The Labute approximate surface area is 189 Å². The molecule has 0 radical (unpaired) electrons. The summed E-state index contributed by atoms with van der Waals surface area (Å²) in [5, 5.41) is 6.46. The molecular weight excluding hydrogens is 436 g/mol. The van der Waals surface area contributed by atoms with Crippen LogP contribution in [0.25, 0.3) is 10.2 Å². The fourth-order valence-electron chi connectivity index (χ4n) is 3.27. The van der Waals surface area contributed by atoms with E-state index in [-0.39, 0.29) is 11.0 Å². The SMILES string of the molecule is COc1ccc(C(=O)NC(=S)Nc2nc3ccc(N4CCOCC4)cc3s2)cc1OC. The quantitative estimate of drug-likeness (QED) is 0.564. The second kappa shape index (κ2) is 9.46. The summed E-state index contributed by atoms with van der Waals surface area (Å²) < 4.78 is 16.9. The Balaban J connectivity index is 1.42. The first-order valence-electron chi connectivity index (χ1n) is 9.65. The number of carbonyl (C=O) groups excluding carboxylic acids is 1. The molecule has 1 aliphatic heterocycles. The Kier molecular flexibility index (Phi) is 6.50. The second-order valence-corrected chi connectivity index (χ2v) is 8.19. The van der Waals surface area contributed by atoms with Crippen LogP contribution in [0.5, 0.6) is 11.5 Å². The van der Waals surface area contributed by atoms with Crippen LogP contribution >= 0.6 is 23.6 Å². The highest BCUT2D eigenvalue weighted by Crippen LogP contribution is 2.30. The van der Waals surface area contributed by atoms with Crippen molar-refractivity contribution in [2.24, 2.45) is 0 Å². The van der Waals surface area contributed by atoms with E-state index in [1.54, 1.807) is 25.3 Å². The van der Waals surface area contributed by atoms with Crippen LogP contribution in [-0.2, 0) is 4.74 Å². The molecular formula is C21H22N4O4S2. The number of nitrogens with one attached hydrogen (secondary N) is 2. The number of amides is 1. The first-order chi connectivity index (χ1) is 15.1. The van der Waals surface area contributed by atoms with Gasteiger partial charge in [-0.15, -0.1) is 0 Å². The molecule has 10 heteroatoms. The zero-order chi connectivity index (χ0) is 21.8. The lowest BCUT2D eigenvalue weighted by Crippen LogP contribution is -2.36. The number of benzene rings is 2. The largest absolute Gasteiger partial charge is 0.493 e. The first-order valence-corrected chi connectivity index (χ1v) is 10.9. The number of carbonyl (C=O) groups is 1. The number of nitrogens with zero attached hydrogens (tertiary/aromatic N) is 2. The molecule has 0 saturated carbocycles. The number of hydrogen-bond donors (Lipinski definition) is 2. The van der Waals surface area contributed by atoms with Crippen molar-refractivity contribution in [1.29, 1.82) is 0 Å². The third kappa shape index (κ3) is 4.87. The molecule has 1 fully saturated rings. The van der Waals surface area contributed by atoms with Gasteiger partial charge in [-0.3, -0.25) is 10.1 Å². The molecule has 4 rings (SSSR count). The van der Waals surface area contributed by atoms with Gasteiger partial charge in [0.1, 0.15) is 0 Å². The van der Waals surface area contributed by atoms with E-state index in [2.05, 4.69) is 32.7 Å². The Bertz CT molecular complexity index is 1110. The van der Waals surface area contributed by atoms with Gasteiger partial charge in [-0.2, -0.15) is 0 Å². The zero-order valence-electron chi connectivity index (χ0n) is 17.1. The standard InChI is InChI=1S/C21H22N4O4S2/c1-27-16-6-3-13(11-17(16)28-2)19(26)23-20(30)24-21-22-15-5-4-14(12-18(15)31-21)25-7-9-29-10-8-25/h3-6,11-12H,7-10H2,1-2H3,(H2,22,23,24,26,30). The average molecular weight is 459 g/mol. The summed E-state index contributed by atoms with van der Waals surface area (Å²) >= 11 is 6.78. The van der Waals surface area contributed by atoms with Crippen molar-refractivity contribution in [3.8, 4) is 11.5 Å². The summed E-state index contributed by atoms with van der Waals surface area (Å²) in [7, 11) is 3.06. The Morgan fingerprint density at radius 2 is 1.90 bits per heavy atom. The van der Waals surface area contributed by atoms with Gasteiger partial charge in [-0.1, -0.05) is 11.3 Å². The maximum absolute atomic E-state index is 12.5. The van der Waals surface area contributed by atoms with Crippen molar-refractivity contribution < 1.29 is 19.0 Å². The first kappa shape index (κ1) is 21.3. The molecule has 8 nitrogen and oxygen atoms in total. The van der Waals surface area contributed by atoms with Crippen LogP contribution in [0.1, 0.15) is 10.4 Å². The zero-order valence-corrected chi connectivity index (χ0v) is 18.8. The number of fused-ring (bicyclic) bond motifs is 1. The van der Waals surface area contributed by atoms with Crippen molar-refractivity contribution in [1.82, 2.24) is 10.3 Å². The average Bonchev–Trinajstić information content (AvgIpc) is 3.20. The molecule has 0 aliphatic carbocycles. The summed E-state index contributed by atoms with van der Waals surface area (Å²) in [6, 6.07) is 11.1. The Morgan fingerprint density at radius 3 is 2.65 bits per heavy atom. The van der Waals surface area contributed by atoms with E-state index < -0.39 is 0 Å². The number of thiazole rings is 1. The van der Waals surface area contributed by atoms with E-state index in [4.69, 9.17) is 26.4 Å². The van der Waals surface area contributed by atoms with E-state index in [1.165, 1.54) is 18.4 Å². The fraction of sp³-hybridized carbons (Fsp3) is 0.286. The van der Waals surface area contributed by atoms with Crippen LogP contribution in [0.4, 0.5) is 10.8 Å².